The van der Waals surface area contributed by atoms with E-state index in [-0.39, 0.29) is 0 Å². The van der Waals surface area contributed by atoms with E-state index in [0.29, 0.717) is 6.04 Å². The topological polar surface area (TPSA) is 15.3 Å². The Kier molecular flexibility index (Phi) is 3.14. The first-order valence-corrected chi connectivity index (χ1v) is 7.29. The Labute approximate surface area is 112 Å². The van der Waals surface area contributed by atoms with Gasteiger partial charge in [0.25, 0.3) is 0 Å². The Bertz CT molecular complexity index is 403. The van der Waals surface area contributed by atoms with Gasteiger partial charge in [-0.25, -0.2) is 0 Å². The number of likely N-dealkylation sites (tertiary alicyclic amines) is 1. The molecule has 0 spiro atoms. The fourth-order valence-corrected chi connectivity index (χ4v) is 3.29. The molecule has 0 amide bonds. The number of anilines is 1. The van der Waals surface area contributed by atoms with Crippen molar-refractivity contribution in [1.29, 1.82) is 0 Å². The van der Waals surface area contributed by atoms with Crippen molar-refractivity contribution >= 4 is 21.6 Å². The van der Waals surface area contributed by atoms with Crippen LogP contribution in [0, 0.1) is 0 Å². The monoisotopic (exact) mass is 294 g/mol. The zero-order chi connectivity index (χ0) is 11.8. The van der Waals surface area contributed by atoms with E-state index in [1.807, 2.05) is 0 Å². The van der Waals surface area contributed by atoms with Crippen molar-refractivity contribution in [2.45, 2.75) is 44.3 Å². The van der Waals surface area contributed by atoms with Gasteiger partial charge >= 0.3 is 0 Å². The van der Waals surface area contributed by atoms with E-state index in [4.69, 9.17) is 0 Å². The SMILES string of the molecule is CC1CC(Nc2cccc(Br)c2)CN1C1CC1. The second kappa shape index (κ2) is 4.62. The fourth-order valence-electron chi connectivity index (χ4n) is 2.89. The highest BCUT2D eigenvalue weighted by Crippen LogP contribution is 2.34. The molecule has 3 heteroatoms. The van der Waals surface area contributed by atoms with E-state index >= 15 is 0 Å². The van der Waals surface area contributed by atoms with E-state index in [0.717, 1.165) is 16.6 Å². The molecule has 0 aromatic heterocycles. The summed E-state index contributed by atoms with van der Waals surface area (Å²) in [6.07, 6.45) is 4.09. The van der Waals surface area contributed by atoms with Crippen LogP contribution in [-0.2, 0) is 0 Å². The van der Waals surface area contributed by atoms with Crippen LogP contribution in [0.4, 0.5) is 5.69 Å². The number of rotatable bonds is 3. The van der Waals surface area contributed by atoms with Gasteiger partial charge in [-0.05, 0) is 44.4 Å². The van der Waals surface area contributed by atoms with Gasteiger partial charge in [-0.15, -0.1) is 0 Å². The second-order valence-electron chi connectivity index (χ2n) is 5.36. The lowest BCUT2D eigenvalue weighted by molar-refractivity contribution is 0.257. The Balaban J connectivity index is 1.63. The van der Waals surface area contributed by atoms with Crippen molar-refractivity contribution in [3.8, 4) is 0 Å². The molecule has 1 aromatic rings. The van der Waals surface area contributed by atoms with E-state index in [1.54, 1.807) is 0 Å². The summed E-state index contributed by atoms with van der Waals surface area (Å²) in [5.41, 5.74) is 1.23. The van der Waals surface area contributed by atoms with Crippen LogP contribution in [0.25, 0.3) is 0 Å². The van der Waals surface area contributed by atoms with Crippen LogP contribution in [0.1, 0.15) is 26.2 Å². The summed E-state index contributed by atoms with van der Waals surface area (Å²) in [6.45, 7) is 3.57. The smallest absolute Gasteiger partial charge is 0.0403 e. The first-order chi connectivity index (χ1) is 8.22. The number of nitrogens with zero attached hydrogens (tertiary/aromatic N) is 1. The van der Waals surface area contributed by atoms with Crippen LogP contribution in [0.3, 0.4) is 0 Å². The fraction of sp³-hybridized carbons (Fsp3) is 0.571. The van der Waals surface area contributed by atoms with Crippen molar-refractivity contribution in [2.75, 3.05) is 11.9 Å². The first kappa shape index (κ1) is 11.5. The minimum atomic E-state index is 0.611. The Morgan fingerprint density at radius 3 is 2.88 bits per heavy atom. The summed E-state index contributed by atoms with van der Waals surface area (Å²) in [6, 6.07) is 10.7. The maximum atomic E-state index is 3.65. The lowest BCUT2D eigenvalue weighted by Crippen LogP contribution is -2.30. The average Bonchev–Trinajstić information content (AvgIpc) is 3.04. The molecular formula is C14H19BrN2. The van der Waals surface area contributed by atoms with E-state index < -0.39 is 0 Å². The molecule has 1 aliphatic carbocycles. The lowest BCUT2D eigenvalue weighted by atomic mass is 10.2. The molecule has 92 valence electrons. The average molecular weight is 295 g/mol. The molecule has 2 atom stereocenters. The minimum Gasteiger partial charge on any atom is -0.381 e. The highest BCUT2D eigenvalue weighted by molar-refractivity contribution is 9.10. The molecule has 1 aromatic carbocycles. The third-order valence-electron chi connectivity index (χ3n) is 3.83. The van der Waals surface area contributed by atoms with Crippen LogP contribution >= 0.6 is 15.9 Å². The van der Waals surface area contributed by atoms with Crippen LogP contribution in [-0.4, -0.2) is 29.6 Å². The van der Waals surface area contributed by atoms with Gasteiger partial charge in [-0.2, -0.15) is 0 Å². The van der Waals surface area contributed by atoms with Crippen molar-refractivity contribution in [3.63, 3.8) is 0 Å². The van der Waals surface area contributed by atoms with E-state index in [1.165, 1.54) is 31.5 Å². The van der Waals surface area contributed by atoms with Crippen LogP contribution < -0.4 is 5.32 Å². The molecule has 17 heavy (non-hydrogen) atoms. The van der Waals surface area contributed by atoms with E-state index in [9.17, 15) is 0 Å². The van der Waals surface area contributed by atoms with Gasteiger partial charge in [-0.3, -0.25) is 4.90 Å². The maximum absolute atomic E-state index is 3.65. The van der Waals surface area contributed by atoms with Crippen LogP contribution in [0.5, 0.6) is 0 Å². The molecule has 1 N–H and O–H groups in total. The van der Waals surface area contributed by atoms with Gasteiger partial charge in [0, 0.05) is 34.8 Å². The molecule has 1 aliphatic heterocycles. The molecule has 1 saturated heterocycles. The molecule has 0 bridgehead atoms. The molecule has 2 unspecified atom stereocenters. The van der Waals surface area contributed by atoms with Gasteiger partial charge in [0.2, 0.25) is 0 Å². The quantitative estimate of drug-likeness (QED) is 0.918. The highest BCUT2D eigenvalue weighted by Gasteiger charge is 2.38. The van der Waals surface area contributed by atoms with Crippen LogP contribution in [0.2, 0.25) is 0 Å². The predicted octanol–water partition coefficient (Wildman–Crippen LogP) is 3.49. The third-order valence-corrected chi connectivity index (χ3v) is 4.33. The Hall–Kier alpha value is -0.540. The highest BCUT2D eigenvalue weighted by atomic mass is 79.9. The number of hydrogen-bond acceptors (Lipinski definition) is 2. The predicted molar refractivity (Wildman–Crippen MR) is 75.4 cm³/mol. The standard InChI is InChI=1S/C14H19BrN2/c1-10-7-13(9-17(10)14-5-6-14)16-12-4-2-3-11(15)8-12/h2-4,8,10,13-14,16H,5-7,9H2,1H3. The normalized spacial score (nSPS) is 29.5. The Morgan fingerprint density at radius 1 is 1.35 bits per heavy atom. The largest absolute Gasteiger partial charge is 0.381 e. The summed E-state index contributed by atoms with van der Waals surface area (Å²) >= 11 is 3.52. The third kappa shape index (κ3) is 2.66. The van der Waals surface area contributed by atoms with Gasteiger partial charge in [0.15, 0.2) is 0 Å². The summed E-state index contributed by atoms with van der Waals surface area (Å²) in [5.74, 6) is 0. The molecule has 0 radical (unpaired) electrons. The molecule has 2 fully saturated rings. The summed E-state index contributed by atoms with van der Waals surface area (Å²) in [7, 11) is 0. The summed E-state index contributed by atoms with van der Waals surface area (Å²) < 4.78 is 1.15. The zero-order valence-corrected chi connectivity index (χ0v) is 11.8. The van der Waals surface area contributed by atoms with Crippen molar-refractivity contribution in [1.82, 2.24) is 4.90 Å². The first-order valence-electron chi connectivity index (χ1n) is 6.50. The van der Waals surface area contributed by atoms with Gasteiger partial charge in [-0.1, -0.05) is 22.0 Å². The molecule has 2 aliphatic rings. The zero-order valence-electron chi connectivity index (χ0n) is 10.2. The van der Waals surface area contributed by atoms with Crippen molar-refractivity contribution in [2.24, 2.45) is 0 Å². The second-order valence-corrected chi connectivity index (χ2v) is 6.28. The molecule has 1 heterocycles. The summed E-state index contributed by atoms with van der Waals surface area (Å²) in [5, 5.41) is 3.65. The maximum Gasteiger partial charge on any atom is 0.0403 e. The number of halogens is 1. The molecule has 2 nitrogen and oxygen atoms in total. The van der Waals surface area contributed by atoms with Crippen molar-refractivity contribution in [3.05, 3.63) is 28.7 Å². The number of benzene rings is 1. The number of nitrogens with one attached hydrogen (secondary N) is 1. The van der Waals surface area contributed by atoms with Crippen molar-refractivity contribution < 1.29 is 0 Å². The minimum absolute atomic E-state index is 0.611. The molecule has 1 saturated carbocycles. The Morgan fingerprint density at radius 2 is 2.18 bits per heavy atom. The molecule has 3 rings (SSSR count). The van der Waals surface area contributed by atoms with E-state index in [2.05, 4.69) is 57.3 Å². The van der Waals surface area contributed by atoms with Gasteiger partial charge in [0.05, 0.1) is 0 Å². The molecular weight excluding hydrogens is 276 g/mol. The summed E-state index contributed by atoms with van der Waals surface area (Å²) in [4.78, 5) is 2.68. The van der Waals surface area contributed by atoms with Crippen LogP contribution in [0.15, 0.2) is 28.7 Å². The lowest BCUT2D eigenvalue weighted by Gasteiger charge is -2.20. The van der Waals surface area contributed by atoms with Gasteiger partial charge < -0.3 is 5.32 Å². The van der Waals surface area contributed by atoms with Gasteiger partial charge in [0.1, 0.15) is 0 Å². The number of hydrogen-bond donors (Lipinski definition) is 1.